The first kappa shape index (κ1) is 15.2. The maximum Gasteiger partial charge on any atom is 0.270 e. The van der Waals surface area contributed by atoms with Gasteiger partial charge in [0.2, 0.25) is 0 Å². The Hall–Kier alpha value is -3.15. The first-order valence-electron chi connectivity index (χ1n) is 6.44. The average Bonchev–Trinajstić information content (AvgIpc) is 2.59. The average molecular weight is 298 g/mol. The fourth-order valence-corrected chi connectivity index (χ4v) is 1.80. The molecule has 0 aromatic heterocycles. The number of hydrogen-bond acceptors (Lipinski definition) is 4. The van der Waals surface area contributed by atoms with E-state index in [2.05, 4.69) is 10.9 Å². The zero-order valence-electron chi connectivity index (χ0n) is 11.8. The lowest BCUT2D eigenvalue weighted by Gasteiger charge is -2.09. The molecule has 0 spiro atoms. The number of rotatable bonds is 4. The van der Waals surface area contributed by atoms with E-state index in [0.29, 0.717) is 17.6 Å². The zero-order chi connectivity index (χ0) is 15.9. The number of carbonyl (C=O) groups is 3. The van der Waals surface area contributed by atoms with Gasteiger partial charge >= 0.3 is 0 Å². The quantitative estimate of drug-likeness (QED) is 0.663. The van der Waals surface area contributed by atoms with Gasteiger partial charge in [0.1, 0.15) is 5.75 Å². The summed E-state index contributed by atoms with van der Waals surface area (Å²) in [6, 6.07) is 12.7. The monoisotopic (exact) mass is 298 g/mol. The van der Waals surface area contributed by atoms with Crippen molar-refractivity contribution in [2.75, 3.05) is 7.11 Å². The van der Waals surface area contributed by atoms with Crippen LogP contribution in [-0.2, 0) is 0 Å². The lowest BCUT2D eigenvalue weighted by atomic mass is 10.1. The van der Waals surface area contributed by atoms with Crippen molar-refractivity contribution in [3.63, 3.8) is 0 Å². The summed E-state index contributed by atoms with van der Waals surface area (Å²) < 4.78 is 5.00. The molecule has 2 aromatic rings. The molecule has 6 heteroatoms. The Morgan fingerprint density at radius 2 is 1.59 bits per heavy atom. The number of nitrogens with one attached hydrogen (secondary N) is 2. The Bertz CT molecular complexity index is 696. The van der Waals surface area contributed by atoms with Crippen molar-refractivity contribution < 1.29 is 19.1 Å². The van der Waals surface area contributed by atoms with Gasteiger partial charge in [0.05, 0.1) is 12.7 Å². The third-order valence-electron chi connectivity index (χ3n) is 2.97. The summed E-state index contributed by atoms with van der Waals surface area (Å²) in [7, 11) is 1.53. The van der Waals surface area contributed by atoms with Crippen molar-refractivity contribution in [2.24, 2.45) is 0 Å². The summed E-state index contributed by atoms with van der Waals surface area (Å²) in [4.78, 5) is 34.7. The van der Waals surface area contributed by atoms with Gasteiger partial charge in [0.25, 0.3) is 11.8 Å². The first-order valence-corrected chi connectivity index (χ1v) is 6.44. The van der Waals surface area contributed by atoms with Crippen LogP contribution in [0.25, 0.3) is 0 Å². The molecule has 2 rings (SSSR count). The molecule has 22 heavy (non-hydrogen) atoms. The second-order valence-corrected chi connectivity index (χ2v) is 4.34. The number of carbonyl (C=O) groups excluding carboxylic acids is 3. The van der Waals surface area contributed by atoms with Crippen LogP contribution in [0.15, 0.2) is 48.5 Å². The van der Waals surface area contributed by atoms with Crippen LogP contribution in [0.1, 0.15) is 31.1 Å². The number of hydrazine groups is 1. The van der Waals surface area contributed by atoms with Gasteiger partial charge in [-0.15, -0.1) is 0 Å². The van der Waals surface area contributed by atoms with E-state index < -0.39 is 11.8 Å². The minimum absolute atomic E-state index is 0.188. The minimum Gasteiger partial charge on any atom is -0.497 e. The van der Waals surface area contributed by atoms with E-state index in [1.54, 1.807) is 36.4 Å². The maximum absolute atomic E-state index is 12.0. The summed E-state index contributed by atoms with van der Waals surface area (Å²) in [6.45, 7) is 0. The zero-order valence-corrected chi connectivity index (χ0v) is 11.8. The van der Waals surface area contributed by atoms with E-state index in [-0.39, 0.29) is 11.1 Å². The molecule has 0 saturated carbocycles. The highest BCUT2D eigenvalue weighted by Gasteiger charge is 2.12. The second-order valence-electron chi connectivity index (χ2n) is 4.34. The molecule has 2 aromatic carbocycles. The third kappa shape index (κ3) is 3.49. The second kappa shape index (κ2) is 7.03. The molecule has 0 aliphatic heterocycles. The van der Waals surface area contributed by atoms with Crippen molar-refractivity contribution in [1.82, 2.24) is 10.9 Å². The molecule has 6 nitrogen and oxygen atoms in total. The van der Waals surface area contributed by atoms with Gasteiger partial charge in [0, 0.05) is 11.1 Å². The molecule has 0 heterocycles. The van der Waals surface area contributed by atoms with Crippen LogP contribution in [0.5, 0.6) is 5.75 Å². The fraction of sp³-hybridized carbons (Fsp3) is 0.0625. The summed E-state index contributed by atoms with van der Waals surface area (Å²) in [5.74, 6) is -0.412. The third-order valence-corrected chi connectivity index (χ3v) is 2.97. The van der Waals surface area contributed by atoms with E-state index in [4.69, 9.17) is 4.74 Å². The van der Waals surface area contributed by atoms with Crippen LogP contribution in [0.4, 0.5) is 0 Å². The summed E-state index contributed by atoms with van der Waals surface area (Å²) >= 11 is 0. The molecule has 0 aliphatic rings. The van der Waals surface area contributed by atoms with Gasteiger partial charge in [-0.3, -0.25) is 25.2 Å². The predicted molar refractivity (Wildman–Crippen MR) is 79.8 cm³/mol. The molecule has 0 saturated heterocycles. The smallest absolute Gasteiger partial charge is 0.270 e. The standard InChI is InChI=1S/C16H14N2O4/c1-22-13-8-6-11(7-9-13)15(20)17-18-16(21)14-5-3-2-4-12(14)10-19/h2-10H,1H3,(H,17,20)(H,18,21). The SMILES string of the molecule is COc1ccc(C(=O)NNC(=O)c2ccccc2C=O)cc1. The Labute approximate surface area is 127 Å². The van der Waals surface area contributed by atoms with Crippen molar-refractivity contribution in [2.45, 2.75) is 0 Å². The molecule has 0 unspecified atom stereocenters. The molecule has 0 radical (unpaired) electrons. The molecule has 0 bridgehead atoms. The van der Waals surface area contributed by atoms with Crippen molar-refractivity contribution in [1.29, 1.82) is 0 Å². The molecule has 0 fully saturated rings. The lowest BCUT2D eigenvalue weighted by Crippen LogP contribution is -2.41. The first-order chi connectivity index (χ1) is 10.7. The van der Waals surface area contributed by atoms with Gasteiger partial charge in [-0.1, -0.05) is 18.2 Å². The summed E-state index contributed by atoms with van der Waals surface area (Å²) in [5, 5.41) is 0. The van der Waals surface area contributed by atoms with Gasteiger partial charge in [-0.25, -0.2) is 0 Å². The Balaban J connectivity index is 2.01. The van der Waals surface area contributed by atoms with Crippen LogP contribution >= 0.6 is 0 Å². The Kier molecular flexibility index (Phi) is 4.87. The van der Waals surface area contributed by atoms with Crippen LogP contribution < -0.4 is 15.6 Å². The maximum atomic E-state index is 12.0. The van der Waals surface area contributed by atoms with Gasteiger partial charge < -0.3 is 4.74 Å². The van der Waals surface area contributed by atoms with Crippen molar-refractivity contribution >= 4 is 18.1 Å². The fourth-order valence-electron chi connectivity index (χ4n) is 1.80. The summed E-state index contributed by atoms with van der Waals surface area (Å²) in [6.07, 6.45) is 0.584. The van der Waals surface area contributed by atoms with Crippen LogP contribution in [0, 0.1) is 0 Å². The van der Waals surface area contributed by atoms with E-state index in [1.807, 2.05) is 0 Å². The van der Waals surface area contributed by atoms with E-state index in [0.717, 1.165) is 0 Å². The topological polar surface area (TPSA) is 84.5 Å². The molecule has 2 N–H and O–H groups in total. The van der Waals surface area contributed by atoms with Crippen molar-refractivity contribution in [3.05, 3.63) is 65.2 Å². The number of benzene rings is 2. The highest BCUT2D eigenvalue weighted by Crippen LogP contribution is 2.11. The molecule has 112 valence electrons. The van der Waals surface area contributed by atoms with E-state index in [1.165, 1.54) is 19.2 Å². The van der Waals surface area contributed by atoms with E-state index >= 15 is 0 Å². The molecule has 2 amide bonds. The van der Waals surface area contributed by atoms with Crippen LogP contribution in [0.2, 0.25) is 0 Å². The van der Waals surface area contributed by atoms with Gasteiger partial charge in [0.15, 0.2) is 6.29 Å². The predicted octanol–water partition coefficient (Wildman–Crippen LogP) is 1.58. The molecular weight excluding hydrogens is 284 g/mol. The van der Waals surface area contributed by atoms with Crippen molar-refractivity contribution in [3.8, 4) is 5.75 Å². The van der Waals surface area contributed by atoms with E-state index in [9.17, 15) is 14.4 Å². The number of amides is 2. The van der Waals surface area contributed by atoms with Crippen LogP contribution in [0.3, 0.4) is 0 Å². The number of methoxy groups -OCH3 is 1. The normalized spacial score (nSPS) is 9.68. The van der Waals surface area contributed by atoms with Gasteiger partial charge in [-0.2, -0.15) is 0 Å². The number of ether oxygens (including phenoxy) is 1. The number of aldehydes is 1. The Morgan fingerprint density at radius 1 is 0.955 bits per heavy atom. The van der Waals surface area contributed by atoms with Gasteiger partial charge in [-0.05, 0) is 30.3 Å². The highest BCUT2D eigenvalue weighted by molar-refractivity contribution is 6.03. The summed E-state index contributed by atoms with van der Waals surface area (Å²) in [5.41, 5.74) is 5.36. The highest BCUT2D eigenvalue weighted by atomic mass is 16.5. The molecule has 0 atom stereocenters. The Morgan fingerprint density at radius 3 is 2.23 bits per heavy atom. The molecule has 0 aliphatic carbocycles. The lowest BCUT2D eigenvalue weighted by molar-refractivity contribution is 0.0845. The number of hydrogen-bond donors (Lipinski definition) is 2. The minimum atomic E-state index is -0.565. The largest absolute Gasteiger partial charge is 0.497 e. The van der Waals surface area contributed by atoms with Crippen LogP contribution in [-0.4, -0.2) is 25.2 Å². The molecular formula is C16H14N2O4.